The van der Waals surface area contributed by atoms with Crippen molar-refractivity contribution in [2.75, 3.05) is 0 Å². The van der Waals surface area contributed by atoms with Crippen LogP contribution in [0.4, 0.5) is 0 Å². The first kappa shape index (κ1) is 11.6. The summed E-state index contributed by atoms with van der Waals surface area (Å²) in [6, 6.07) is 12.1. The van der Waals surface area contributed by atoms with E-state index < -0.39 is 5.97 Å². The molecule has 0 radical (unpaired) electrons. The Morgan fingerprint density at radius 3 is 2.65 bits per heavy atom. The van der Waals surface area contributed by atoms with Crippen LogP contribution in [0.1, 0.15) is 24.5 Å². The van der Waals surface area contributed by atoms with Crippen LogP contribution >= 0.6 is 0 Å². The molecular weight excluding hydrogens is 212 g/mol. The molecule has 0 saturated carbocycles. The van der Waals surface area contributed by atoms with Crippen molar-refractivity contribution in [3.63, 3.8) is 0 Å². The van der Waals surface area contributed by atoms with Gasteiger partial charge in [0.1, 0.15) is 0 Å². The van der Waals surface area contributed by atoms with Gasteiger partial charge in [-0.15, -0.1) is 0 Å². The van der Waals surface area contributed by atoms with E-state index in [4.69, 9.17) is 5.11 Å². The molecule has 2 heteroatoms. The lowest BCUT2D eigenvalue weighted by Crippen LogP contribution is -2.04. The summed E-state index contributed by atoms with van der Waals surface area (Å²) in [5.74, 6) is -0.766. The SMILES string of the molecule is CCCc1c(CC(=O)O)ccc2ccccc12. The normalized spacial score (nSPS) is 10.6. The summed E-state index contributed by atoms with van der Waals surface area (Å²) in [5.41, 5.74) is 2.13. The molecule has 0 amide bonds. The minimum Gasteiger partial charge on any atom is -0.481 e. The Hall–Kier alpha value is -1.83. The van der Waals surface area contributed by atoms with Crippen molar-refractivity contribution in [3.8, 4) is 0 Å². The van der Waals surface area contributed by atoms with Crippen LogP contribution in [0.15, 0.2) is 36.4 Å². The monoisotopic (exact) mass is 228 g/mol. The maximum absolute atomic E-state index is 10.9. The average molecular weight is 228 g/mol. The van der Waals surface area contributed by atoms with Gasteiger partial charge in [0, 0.05) is 0 Å². The van der Waals surface area contributed by atoms with Crippen molar-refractivity contribution in [2.45, 2.75) is 26.2 Å². The molecule has 0 aliphatic rings. The van der Waals surface area contributed by atoms with Crippen LogP contribution < -0.4 is 0 Å². The number of hydrogen-bond donors (Lipinski definition) is 1. The van der Waals surface area contributed by atoms with E-state index in [1.165, 1.54) is 16.3 Å². The van der Waals surface area contributed by atoms with Crippen LogP contribution in [0, 0.1) is 0 Å². The Balaban J connectivity index is 2.59. The van der Waals surface area contributed by atoms with Gasteiger partial charge in [-0.1, -0.05) is 49.7 Å². The van der Waals surface area contributed by atoms with Crippen LogP contribution in [0.3, 0.4) is 0 Å². The first-order chi connectivity index (χ1) is 8.22. The van der Waals surface area contributed by atoms with Crippen LogP contribution in [0.2, 0.25) is 0 Å². The van der Waals surface area contributed by atoms with E-state index in [0.717, 1.165) is 18.4 Å². The quantitative estimate of drug-likeness (QED) is 0.870. The molecule has 17 heavy (non-hydrogen) atoms. The highest BCUT2D eigenvalue weighted by Gasteiger charge is 2.09. The van der Waals surface area contributed by atoms with E-state index in [2.05, 4.69) is 19.1 Å². The van der Waals surface area contributed by atoms with Gasteiger partial charge in [-0.05, 0) is 28.3 Å². The van der Waals surface area contributed by atoms with Gasteiger partial charge in [-0.3, -0.25) is 4.79 Å². The first-order valence-electron chi connectivity index (χ1n) is 5.93. The van der Waals surface area contributed by atoms with E-state index in [-0.39, 0.29) is 6.42 Å². The molecule has 0 heterocycles. The molecule has 0 bridgehead atoms. The van der Waals surface area contributed by atoms with Crippen molar-refractivity contribution in [1.29, 1.82) is 0 Å². The predicted molar refractivity (Wildman–Crippen MR) is 69.3 cm³/mol. The largest absolute Gasteiger partial charge is 0.481 e. The fraction of sp³-hybridized carbons (Fsp3) is 0.267. The summed E-state index contributed by atoms with van der Waals surface area (Å²) in [6.07, 6.45) is 2.07. The van der Waals surface area contributed by atoms with Gasteiger partial charge < -0.3 is 5.11 Å². The minimum atomic E-state index is -0.766. The number of aryl methyl sites for hydroxylation is 1. The van der Waals surface area contributed by atoms with Crippen molar-refractivity contribution in [2.24, 2.45) is 0 Å². The van der Waals surface area contributed by atoms with E-state index in [1.54, 1.807) is 0 Å². The Morgan fingerprint density at radius 1 is 1.18 bits per heavy atom. The number of carbonyl (C=O) groups is 1. The lowest BCUT2D eigenvalue weighted by atomic mass is 9.94. The standard InChI is InChI=1S/C15H16O2/c1-2-5-13-12(10-15(16)17)9-8-11-6-3-4-7-14(11)13/h3-4,6-9H,2,5,10H2,1H3,(H,16,17). The number of hydrogen-bond acceptors (Lipinski definition) is 1. The molecule has 2 aromatic carbocycles. The van der Waals surface area contributed by atoms with Crippen LogP contribution in [0.5, 0.6) is 0 Å². The molecule has 0 fully saturated rings. The number of carboxylic acids is 1. The molecule has 0 aliphatic heterocycles. The van der Waals surface area contributed by atoms with Crippen LogP contribution in [-0.2, 0) is 17.6 Å². The van der Waals surface area contributed by atoms with Gasteiger partial charge in [0.15, 0.2) is 0 Å². The topological polar surface area (TPSA) is 37.3 Å². The Morgan fingerprint density at radius 2 is 1.94 bits per heavy atom. The second-order valence-electron chi connectivity index (χ2n) is 4.24. The van der Waals surface area contributed by atoms with Crippen molar-refractivity contribution in [3.05, 3.63) is 47.5 Å². The minimum absolute atomic E-state index is 0.111. The molecule has 0 atom stereocenters. The molecule has 0 spiro atoms. The number of fused-ring (bicyclic) bond motifs is 1. The van der Waals surface area contributed by atoms with Gasteiger partial charge in [0.05, 0.1) is 6.42 Å². The Kier molecular flexibility index (Phi) is 3.43. The molecule has 0 saturated heterocycles. The fourth-order valence-corrected chi connectivity index (χ4v) is 2.25. The molecule has 0 aromatic heterocycles. The van der Waals surface area contributed by atoms with Gasteiger partial charge in [0.2, 0.25) is 0 Å². The second-order valence-corrected chi connectivity index (χ2v) is 4.24. The lowest BCUT2D eigenvalue weighted by Gasteiger charge is -2.11. The third kappa shape index (κ3) is 2.47. The average Bonchev–Trinajstić information content (AvgIpc) is 2.32. The van der Waals surface area contributed by atoms with Gasteiger partial charge in [-0.2, -0.15) is 0 Å². The molecule has 88 valence electrons. The van der Waals surface area contributed by atoms with Gasteiger partial charge in [-0.25, -0.2) is 0 Å². The zero-order valence-corrected chi connectivity index (χ0v) is 9.94. The van der Waals surface area contributed by atoms with Crippen molar-refractivity contribution >= 4 is 16.7 Å². The van der Waals surface area contributed by atoms with E-state index in [1.807, 2.05) is 24.3 Å². The molecule has 0 unspecified atom stereocenters. The molecular formula is C15H16O2. The van der Waals surface area contributed by atoms with Gasteiger partial charge in [0.25, 0.3) is 0 Å². The second kappa shape index (κ2) is 5.00. The van der Waals surface area contributed by atoms with Crippen LogP contribution in [-0.4, -0.2) is 11.1 Å². The summed E-state index contributed by atoms with van der Waals surface area (Å²) in [4.78, 5) is 10.9. The fourth-order valence-electron chi connectivity index (χ4n) is 2.25. The Bertz CT molecular complexity index is 544. The predicted octanol–water partition coefficient (Wildman–Crippen LogP) is 3.42. The number of rotatable bonds is 4. The maximum atomic E-state index is 10.9. The third-order valence-corrected chi connectivity index (χ3v) is 2.98. The molecule has 2 nitrogen and oxygen atoms in total. The van der Waals surface area contributed by atoms with E-state index in [9.17, 15) is 4.79 Å². The highest BCUT2D eigenvalue weighted by atomic mass is 16.4. The summed E-state index contributed by atoms with van der Waals surface area (Å²) in [7, 11) is 0. The van der Waals surface area contributed by atoms with E-state index >= 15 is 0 Å². The summed E-state index contributed by atoms with van der Waals surface area (Å²) in [6.45, 7) is 2.12. The van der Waals surface area contributed by atoms with Crippen LogP contribution in [0.25, 0.3) is 10.8 Å². The number of carboxylic acid groups (broad SMARTS) is 1. The Labute approximate surface area is 101 Å². The smallest absolute Gasteiger partial charge is 0.307 e. The molecule has 2 aromatic rings. The van der Waals surface area contributed by atoms with Crippen molar-refractivity contribution < 1.29 is 9.90 Å². The zero-order chi connectivity index (χ0) is 12.3. The van der Waals surface area contributed by atoms with Gasteiger partial charge >= 0.3 is 5.97 Å². The third-order valence-electron chi connectivity index (χ3n) is 2.98. The lowest BCUT2D eigenvalue weighted by molar-refractivity contribution is -0.136. The highest BCUT2D eigenvalue weighted by molar-refractivity contribution is 5.88. The maximum Gasteiger partial charge on any atom is 0.307 e. The summed E-state index contributed by atoms with van der Waals surface area (Å²) >= 11 is 0. The van der Waals surface area contributed by atoms with E-state index in [0.29, 0.717) is 0 Å². The highest BCUT2D eigenvalue weighted by Crippen LogP contribution is 2.24. The number of benzene rings is 2. The molecule has 1 N–H and O–H groups in total. The summed E-state index contributed by atoms with van der Waals surface area (Å²) < 4.78 is 0. The summed E-state index contributed by atoms with van der Waals surface area (Å²) in [5, 5.41) is 11.3. The zero-order valence-electron chi connectivity index (χ0n) is 9.94. The molecule has 0 aliphatic carbocycles. The number of aliphatic carboxylic acids is 1. The first-order valence-corrected chi connectivity index (χ1v) is 5.93. The van der Waals surface area contributed by atoms with Crippen molar-refractivity contribution in [1.82, 2.24) is 0 Å². The molecule has 2 rings (SSSR count).